The van der Waals surface area contributed by atoms with E-state index in [1.807, 2.05) is 26.0 Å². The van der Waals surface area contributed by atoms with Gasteiger partial charge in [0.1, 0.15) is 17.3 Å². The van der Waals surface area contributed by atoms with Crippen molar-refractivity contribution < 1.29 is 19.4 Å². The van der Waals surface area contributed by atoms with Crippen molar-refractivity contribution in [1.29, 1.82) is 0 Å². The lowest BCUT2D eigenvalue weighted by atomic mass is 9.63. The van der Waals surface area contributed by atoms with E-state index in [0.29, 0.717) is 6.42 Å². The van der Waals surface area contributed by atoms with Crippen LogP contribution in [0.1, 0.15) is 47.5 Å². The fraction of sp³-hybridized carbons (Fsp3) is 0.800. The van der Waals surface area contributed by atoms with E-state index in [1.54, 1.807) is 0 Å². The van der Waals surface area contributed by atoms with Crippen molar-refractivity contribution in [3.8, 4) is 0 Å². The number of carbonyl (C=O) groups is 1. The molecule has 1 heterocycles. The summed E-state index contributed by atoms with van der Waals surface area (Å²) in [6, 6.07) is 0. The van der Waals surface area contributed by atoms with Crippen molar-refractivity contribution in [3.05, 3.63) is 12.2 Å². The van der Waals surface area contributed by atoms with Crippen LogP contribution in [-0.2, 0) is 14.3 Å². The molecule has 108 valence electrons. The minimum absolute atomic E-state index is 0.133. The lowest BCUT2D eigenvalue weighted by Gasteiger charge is -2.39. The van der Waals surface area contributed by atoms with Gasteiger partial charge in [-0.25, -0.2) is 0 Å². The molecule has 0 aromatic rings. The molecule has 2 rings (SSSR count). The van der Waals surface area contributed by atoms with Gasteiger partial charge in [-0.1, -0.05) is 13.8 Å². The SMILES string of the molecule is CC(=O)O[C@H](C)/C=C/[C@@]12O[C@]1(C)C[C@@H](O)CC2(C)C. The molecule has 4 atom stereocenters. The first-order chi connectivity index (χ1) is 8.62. The molecule has 19 heavy (non-hydrogen) atoms. The van der Waals surface area contributed by atoms with E-state index in [-0.39, 0.29) is 34.8 Å². The van der Waals surface area contributed by atoms with Crippen molar-refractivity contribution in [2.45, 2.75) is 70.9 Å². The van der Waals surface area contributed by atoms with E-state index in [0.717, 1.165) is 6.42 Å². The molecule has 0 aromatic heterocycles. The molecule has 0 amide bonds. The van der Waals surface area contributed by atoms with Gasteiger partial charge in [0.05, 0.1) is 6.10 Å². The second kappa shape index (κ2) is 4.32. The van der Waals surface area contributed by atoms with Crippen LogP contribution in [0.15, 0.2) is 12.2 Å². The standard InChI is InChI=1S/C15H24O4/c1-10(18-11(2)16)6-7-15-13(3,4)8-12(17)9-14(15,5)19-15/h6-7,10,12,17H,8-9H2,1-5H3/b7-6+/t10-,12+,14-,15+/m1/s1. The topological polar surface area (TPSA) is 59.1 Å². The van der Waals surface area contributed by atoms with Crippen LogP contribution in [0.25, 0.3) is 0 Å². The highest BCUT2D eigenvalue weighted by molar-refractivity contribution is 5.66. The van der Waals surface area contributed by atoms with Gasteiger partial charge in [0, 0.05) is 18.8 Å². The van der Waals surface area contributed by atoms with Gasteiger partial charge < -0.3 is 14.6 Å². The number of fused-ring (bicyclic) bond motifs is 1. The Hall–Kier alpha value is -0.870. The second-order valence-corrected chi connectivity index (χ2v) is 6.69. The van der Waals surface area contributed by atoms with E-state index in [9.17, 15) is 9.90 Å². The van der Waals surface area contributed by atoms with Gasteiger partial charge in [0.2, 0.25) is 0 Å². The zero-order valence-corrected chi connectivity index (χ0v) is 12.4. The van der Waals surface area contributed by atoms with Crippen LogP contribution in [0, 0.1) is 5.41 Å². The van der Waals surface area contributed by atoms with E-state index in [4.69, 9.17) is 9.47 Å². The van der Waals surface area contributed by atoms with Crippen molar-refractivity contribution in [2.24, 2.45) is 5.41 Å². The molecule has 1 saturated carbocycles. The van der Waals surface area contributed by atoms with Gasteiger partial charge in [0.15, 0.2) is 0 Å². The molecular formula is C15H24O4. The number of hydrogen-bond acceptors (Lipinski definition) is 4. The summed E-state index contributed by atoms with van der Waals surface area (Å²) in [6.45, 7) is 9.50. The Morgan fingerprint density at radius 2 is 2.05 bits per heavy atom. The number of ether oxygens (including phenoxy) is 2. The summed E-state index contributed by atoms with van der Waals surface area (Å²) in [5.41, 5.74) is -0.792. The zero-order valence-electron chi connectivity index (χ0n) is 12.4. The third-order valence-corrected chi connectivity index (χ3v) is 4.46. The van der Waals surface area contributed by atoms with Crippen LogP contribution >= 0.6 is 0 Å². The van der Waals surface area contributed by atoms with E-state index in [2.05, 4.69) is 13.8 Å². The van der Waals surface area contributed by atoms with Crippen molar-refractivity contribution >= 4 is 5.97 Å². The van der Waals surface area contributed by atoms with Gasteiger partial charge in [-0.2, -0.15) is 0 Å². The maximum Gasteiger partial charge on any atom is 0.303 e. The molecule has 0 aromatic carbocycles. The average Bonchev–Trinajstić information content (AvgIpc) is 2.80. The van der Waals surface area contributed by atoms with Crippen LogP contribution in [0.5, 0.6) is 0 Å². The maximum atomic E-state index is 10.9. The highest BCUT2D eigenvalue weighted by Crippen LogP contribution is 2.65. The predicted octanol–water partition coefficient (Wildman–Crippen LogP) is 2.20. The largest absolute Gasteiger partial charge is 0.459 e. The number of hydrogen-bond donors (Lipinski definition) is 1. The summed E-state index contributed by atoms with van der Waals surface area (Å²) >= 11 is 0. The minimum Gasteiger partial charge on any atom is -0.459 e. The Bertz CT molecular complexity index is 414. The van der Waals surface area contributed by atoms with Crippen LogP contribution in [0.2, 0.25) is 0 Å². The average molecular weight is 268 g/mol. The number of esters is 1. The molecule has 0 spiro atoms. The fourth-order valence-electron chi connectivity index (χ4n) is 3.65. The minimum atomic E-state index is -0.354. The monoisotopic (exact) mass is 268 g/mol. The Morgan fingerprint density at radius 1 is 1.42 bits per heavy atom. The lowest BCUT2D eigenvalue weighted by molar-refractivity contribution is -0.143. The first kappa shape index (κ1) is 14.5. The maximum absolute atomic E-state index is 10.9. The van der Waals surface area contributed by atoms with E-state index < -0.39 is 0 Å². The molecule has 0 bridgehead atoms. The Morgan fingerprint density at radius 3 is 2.58 bits per heavy atom. The van der Waals surface area contributed by atoms with Crippen molar-refractivity contribution in [3.63, 3.8) is 0 Å². The van der Waals surface area contributed by atoms with Crippen LogP contribution < -0.4 is 0 Å². The summed E-state index contributed by atoms with van der Waals surface area (Å²) in [7, 11) is 0. The molecule has 1 saturated heterocycles. The second-order valence-electron chi connectivity index (χ2n) is 6.69. The Kier molecular flexibility index (Phi) is 3.30. The third-order valence-electron chi connectivity index (χ3n) is 4.46. The first-order valence-electron chi connectivity index (χ1n) is 6.87. The number of rotatable bonds is 3. The predicted molar refractivity (Wildman–Crippen MR) is 71.6 cm³/mol. The lowest BCUT2D eigenvalue weighted by Crippen LogP contribution is -2.46. The van der Waals surface area contributed by atoms with Gasteiger partial charge in [-0.3, -0.25) is 4.79 Å². The van der Waals surface area contributed by atoms with Crippen LogP contribution in [0.3, 0.4) is 0 Å². The van der Waals surface area contributed by atoms with Gasteiger partial charge in [-0.05, 0) is 32.4 Å². The Labute approximate surface area is 114 Å². The molecule has 1 aliphatic carbocycles. The molecule has 2 fully saturated rings. The molecule has 1 aliphatic heterocycles. The van der Waals surface area contributed by atoms with Crippen molar-refractivity contribution in [1.82, 2.24) is 0 Å². The molecular weight excluding hydrogens is 244 g/mol. The quantitative estimate of drug-likeness (QED) is 0.484. The number of aliphatic hydroxyl groups is 1. The highest BCUT2D eigenvalue weighted by atomic mass is 16.6. The molecule has 2 aliphatic rings. The molecule has 0 radical (unpaired) electrons. The number of carbonyl (C=O) groups excluding carboxylic acids is 1. The van der Waals surface area contributed by atoms with Crippen molar-refractivity contribution in [2.75, 3.05) is 0 Å². The third kappa shape index (κ3) is 2.32. The number of aliphatic hydroxyl groups excluding tert-OH is 1. The van der Waals surface area contributed by atoms with Gasteiger partial charge in [0.25, 0.3) is 0 Å². The smallest absolute Gasteiger partial charge is 0.303 e. The normalized spacial score (nSPS) is 41.7. The fourth-order valence-corrected chi connectivity index (χ4v) is 3.65. The van der Waals surface area contributed by atoms with E-state index >= 15 is 0 Å². The molecule has 1 N–H and O–H groups in total. The zero-order chi connectivity index (χ0) is 14.5. The molecule has 0 unspecified atom stereocenters. The molecule has 4 heteroatoms. The van der Waals surface area contributed by atoms with E-state index in [1.165, 1.54) is 6.92 Å². The Balaban J connectivity index is 2.15. The summed E-state index contributed by atoms with van der Waals surface area (Å²) in [4.78, 5) is 10.9. The summed E-state index contributed by atoms with van der Waals surface area (Å²) in [5, 5.41) is 9.94. The number of epoxide rings is 1. The van der Waals surface area contributed by atoms with Crippen LogP contribution in [0.4, 0.5) is 0 Å². The highest BCUT2D eigenvalue weighted by Gasteiger charge is 2.74. The van der Waals surface area contributed by atoms with Gasteiger partial charge >= 0.3 is 5.97 Å². The van der Waals surface area contributed by atoms with Crippen LogP contribution in [-0.4, -0.2) is 34.5 Å². The summed E-state index contributed by atoms with van der Waals surface area (Å²) < 4.78 is 11.1. The summed E-state index contributed by atoms with van der Waals surface area (Å²) in [5.74, 6) is -0.285. The first-order valence-corrected chi connectivity index (χ1v) is 6.87. The summed E-state index contributed by atoms with van der Waals surface area (Å²) in [6.07, 6.45) is 4.70. The molecule has 4 nitrogen and oxygen atoms in total. The van der Waals surface area contributed by atoms with Gasteiger partial charge in [-0.15, -0.1) is 0 Å².